The summed E-state index contributed by atoms with van der Waals surface area (Å²) in [6.07, 6.45) is 1.58. The molecular formula is C23H28N4O4. The Labute approximate surface area is 181 Å². The molecule has 0 unspecified atom stereocenters. The van der Waals surface area contributed by atoms with E-state index in [4.69, 9.17) is 9.47 Å². The molecule has 0 atom stereocenters. The van der Waals surface area contributed by atoms with Gasteiger partial charge in [0.25, 0.3) is 5.56 Å². The van der Waals surface area contributed by atoms with Crippen molar-refractivity contribution >= 4 is 22.4 Å². The average molecular weight is 425 g/mol. The number of methoxy groups -OCH3 is 1. The molecule has 8 heteroatoms. The normalized spacial score (nSPS) is 11.0. The van der Waals surface area contributed by atoms with E-state index in [-0.39, 0.29) is 18.0 Å². The first-order valence-electron chi connectivity index (χ1n) is 10.3. The molecule has 0 fully saturated rings. The van der Waals surface area contributed by atoms with E-state index < -0.39 is 0 Å². The molecule has 31 heavy (non-hydrogen) atoms. The standard InChI is InChI=1S/C23H28N4O4/c1-4-26(5-2)12-13-31-21-14-18(10-11-20(21)30-3)25-22(28)16-27-23(29)19-9-7-6-8-17(19)15-24-27/h6-11,14-15H,4-5,12-13,16H2,1-3H3,(H,25,28). The number of carbonyl (C=O) groups excluding carboxylic acids is 1. The number of nitrogens with one attached hydrogen (secondary N) is 1. The van der Waals surface area contributed by atoms with Crippen LogP contribution in [0.2, 0.25) is 0 Å². The number of nitrogens with zero attached hydrogens (tertiary/aromatic N) is 3. The van der Waals surface area contributed by atoms with Gasteiger partial charge in [0.15, 0.2) is 11.5 Å². The summed E-state index contributed by atoms with van der Waals surface area (Å²) in [6.45, 7) is 7.24. The maximum absolute atomic E-state index is 12.6. The minimum absolute atomic E-state index is 0.187. The summed E-state index contributed by atoms with van der Waals surface area (Å²) < 4.78 is 12.4. The molecule has 0 spiro atoms. The van der Waals surface area contributed by atoms with E-state index >= 15 is 0 Å². The van der Waals surface area contributed by atoms with Crippen LogP contribution in [0.25, 0.3) is 10.8 Å². The van der Waals surface area contributed by atoms with E-state index in [9.17, 15) is 9.59 Å². The molecule has 0 saturated carbocycles. The summed E-state index contributed by atoms with van der Waals surface area (Å²) in [4.78, 5) is 27.3. The van der Waals surface area contributed by atoms with Crippen LogP contribution in [0.15, 0.2) is 53.5 Å². The molecule has 0 radical (unpaired) electrons. The Morgan fingerprint density at radius 2 is 1.90 bits per heavy atom. The highest BCUT2D eigenvalue weighted by atomic mass is 16.5. The summed E-state index contributed by atoms with van der Waals surface area (Å²) >= 11 is 0. The number of hydrogen-bond donors (Lipinski definition) is 1. The van der Waals surface area contributed by atoms with Crippen LogP contribution in [-0.4, -0.2) is 53.9 Å². The molecular weight excluding hydrogens is 396 g/mol. The molecule has 8 nitrogen and oxygen atoms in total. The molecule has 0 saturated heterocycles. The maximum Gasteiger partial charge on any atom is 0.275 e. The second kappa shape index (κ2) is 10.6. The van der Waals surface area contributed by atoms with Crippen molar-refractivity contribution in [2.75, 3.05) is 38.7 Å². The fourth-order valence-electron chi connectivity index (χ4n) is 3.27. The molecule has 2 aromatic carbocycles. The fraction of sp³-hybridized carbons (Fsp3) is 0.348. The van der Waals surface area contributed by atoms with Gasteiger partial charge in [-0.15, -0.1) is 0 Å². The van der Waals surface area contributed by atoms with Crippen molar-refractivity contribution in [2.45, 2.75) is 20.4 Å². The molecule has 0 aliphatic carbocycles. The number of likely N-dealkylation sites (N-methyl/N-ethyl adjacent to an activating group) is 1. The summed E-state index contributed by atoms with van der Waals surface area (Å²) in [5.74, 6) is 0.780. The van der Waals surface area contributed by atoms with Crippen LogP contribution >= 0.6 is 0 Å². The summed E-state index contributed by atoms with van der Waals surface area (Å²) in [5, 5.41) is 8.16. The number of fused-ring (bicyclic) bond motifs is 1. The third-order valence-corrected chi connectivity index (χ3v) is 5.06. The largest absolute Gasteiger partial charge is 0.493 e. The predicted octanol–water partition coefficient (Wildman–Crippen LogP) is 2.76. The zero-order chi connectivity index (χ0) is 22.2. The van der Waals surface area contributed by atoms with Crippen molar-refractivity contribution in [3.63, 3.8) is 0 Å². The Hall–Kier alpha value is -3.39. The minimum atomic E-state index is -0.357. The van der Waals surface area contributed by atoms with Gasteiger partial charge < -0.3 is 19.7 Å². The molecule has 1 N–H and O–H groups in total. The molecule has 1 amide bonds. The van der Waals surface area contributed by atoms with Crippen molar-refractivity contribution in [3.05, 3.63) is 59.0 Å². The van der Waals surface area contributed by atoms with Crippen LogP contribution in [0.4, 0.5) is 5.69 Å². The zero-order valence-corrected chi connectivity index (χ0v) is 18.1. The van der Waals surface area contributed by atoms with Crippen LogP contribution in [0, 0.1) is 0 Å². The first-order valence-corrected chi connectivity index (χ1v) is 10.3. The molecule has 0 aliphatic rings. The lowest BCUT2D eigenvalue weighted by molar-refractivity contribution is -0.117. The lowest BCUT2D eigenvalue weighted by Crippen LogP contribution is -2.29. The number of anilines is 1. The number of benzene rings is 2. The van der Waals surface area contributed by atoms with E-state index in [1.165, 1.54) is 0 Å². The third kappa shape index (κ3) is 5.61. The monoisotopic (exact) mass is 424 g/mol. The average Bonchev–Trinajstić information content (AvgIpc) is 2.79. The minimum Gasteiger partial charge on any atom is -0.493 e. The van der Waals surface area contributed by atoms with Gasteiger partial charge in [0.1, 0.15) is 13.2 Å². The molecule has 3 rings (SSSR count). The van der Waals surface area contributed by atoms with Crippen molar-refractivity contribution in [1.29, 1.82) is 0 Å². The van der Waals surface area contributed by atoms with Gasteiger partial charge in [0.05, 0.1) is 18.7 Å². The smallest absolute Gasteiger partial charge is 0.275 e. The highest BCUT2D eigenvalue weighted by Gasteiger charge is 2.12. The van der Waals surface area contributed by atoms with Gasteiger partial charge in [-0.2, -0.15) is 5.10 Å². The summed E-state index contributed by atoms with van der Waals surface area (Å²) in [6, 6.07) is 12.3. The number of aromatic nitrogens is 2. The van der Waals surface area contributed by atoms with E-state index in [2.05, 4.69) is 29.2 Å². The van der Waals surface area contributed by atoms with Crippen molar-refractivity contribution in [2.24, 2.45) is 0 Å². The molecule has 0 bridgehead atoms. The number of carbonyl (C=O) groups is 1. The van der Waals surface area contributed by atoms with Crippen molar-refractivity contribution < 1.29 is 14.3 Å². The van der Waals surface area contributed by atoms with Crippen LogP contribution in [0.3, 0.4) is 0 Å². The Kier molecular flexibility index (Phi) is 7.61. The quantitative estimate of drug-likeness (QED) is 0.539. The van der Waals surface area contributed by atoms with Gasteiger partial charge in [0, 0.05) is 23.7 Å². The highest BCUT2D eigenvalue weighted by molar-refractivity contribution is 5.91. The van der Waals surface area contributed by atoms with Crippen LogP contribution < -0.4 is 20.3 Å². The highest BCUT2D eigenvalue weighted by Crippen LogP contribution is 2.30. The lowest BCUT2D eigenvalue weighted by atomic mass is 10.2. The van der Waals surface area contributed by atoms with Crippen molar-refractivity contribution in [3.8, 4) is 11.5 Å². The van der Waals surface area contributed by atoms with Crippen LogP contribution in [0.1, 0.15) is 13.8 Å². The van der Waals surface area contributed by atoms with E-state index in [1.807, 2.05) is 12.1 Å². The number of ether oxygens (including phenoxy) is 2. The van der Waals surface area contributed by atoms with Gasteiger partial charge in [-0.1, -0.05) is 32.0 Å². The second-order valence-corrected chi connectivity index (χ2v) is 6.98. The van der Waals surface area contributed by atoms with E-state index in [1.54, 1.807) is 43.6 Å². The van der Waals surface area contributed by atoms with E-state index in [0.29, 0.717) is 29.2 Å². The summed E-state index contributed by atoms with van der Waals surface area (Å²) in [7, 11) is 1.57. The van der Waals surface area contributed by atoms with Crippen molar-refractivity contribution in [1.82, 2.24) is 14.7 Å². The second-order valence-electron chi connectivity index (χ2n) is 6.98. The Bertz CT molecular complexity index is 1090. The number of hydrogen-bond acceptors (Lipinski definition) is 6. The zero-order valence-electron chi connectivity index (χ0n) is 18.1. The topological polar surface area (TPSA) is 85.7 Å². The Morgan fingerprint density at radius 1 is 1.13 bits per heavy atom. The lowest BCUT2D eigenvalue weighted by Gasteiger charge is -2.19. The van der Waals surface area contributed by atoms with Gasteiger partial charge in [-0.05, 0) is 31.3 Å². The molecule has 1 heterocycles. The van der Waals surface area contributed by atoms with E-state index in [0.717, 1.165) is 29.7 Å². The first-order chi connectivity index (χ1) is 15.0. The third-order valence-electron chi connectivity index (χ3n) is 5.06. The van der Waals surface area contributed by atoms with Gasteiger partial charge >= 0.3 is 0 Å². The molecule has 3 aromatic rings. The predicted molar refractivity (Wildman–Crippen MR) is 121 cm³/mol. The maximum atomic E-state index is 12.6. The van der Waals surface area contributed by atoms with Gasteiger partial charge in [-0.3, -0.25) is 9.59 Å². The molecule has 164 valence electrons. The molecule has 0 aliphatic heterocycles. The number of amides is 1. The van der Waals surface area contributed by atoms with Gasteiger partial charge in [0.2, 0.25) is 5.91 Å². The first kappa shape index (κ1) is 22.3. The van der Waals surface area contributed by atoms with Crippen LogP contribution in [-0.2, 0) is 11.3 Å². The SMILES string of the molecule is CCN(CC)CCOc1cc(NC(=O)Cn2ncc3ccccc3c2=O)ccc1OC. The Morgan fingerprint density at radius 3 is 2.65 bits per heavy atom. The fourth-order valence-corrected chi connectivity index (χ4v) is 3.27. The van der Waals surface area contributed by atoms with Crippen LogP contribution in [0.5, 0.6) is 11.5 Å². The summed E-state index contributed by atoms with van der Waals surface area (Å²) in [5.41, 5.74) is 0.251. The Balaban J connectivity index is 1.68. The van der Waals surface area contributed by atoms with Gasteiger partial charge in [-0.25, -0.2) is 4.68 Å². The number of rotatable bonds is 10. The molecule has 1 aromatic heterocycles.